The van der Waals surface area contributed by atoms with Crippen molar-refractivity contribution in [3.63, 3.8) is 0 Å². The van der Waals surface area contributed by atoms with Gasteiger partial charge in [-0.3, -0.25) is 9.59 Å². The van der Waals surface area contributed by atoms with Crippen LogP contribution in [0.5, 0.6) is 0 Å². The number of carbonyl (C=O) groups is 3. The zero-order valence-corrected chi connectivity index (χ0v) is 19.0. The highest BCUT2D eigenvalue weighted by atomic mass is 16.5. The number of carboxylic acid groups (broad SMARTS) is 2. The molecule has 0 fully saturated rings. The van der Waals surface area contributed by atoms with E-state index in [0.29, 0.717) is 6.42 Å². The van der Waals surface area contributed by atoms with Gasteiger partial charge < -0.3 is 24.8 Å². The first kappa shape index (κ1) is 30.5. The molecule has 0 aliphatic rings. The van der Waals surface area contributed by atoms with Gasteiger partial charge in [-0.15, -0.1) is 0 Å². The van der Waals surface area contributed by atoms with Gasteiger partial charge in [-0.05, 0) is 20.3 Å². The minimum Gasteiger partial charge on any atom is -0.481 e. The molecule has 0 heterocycles. The van der Waals surface area contributed by atoms with Crippen LogP contribution in [-0.2, 0) is 23.9 Å². The van der Waals surface area contributed by atoms with E-state index >= 15 is 0 Å². The Balaban J connectivity index is 0. The molecule has 1 atom stereocenters. The Kier molecular flexibility index (Phi) is 21.0. The number of aliphatic hydroxyl groups is 1. The topological polar surface area (TPSA) is 130 Å². The minimum atomic E-state index is -2.62. The Morgan fingerprint density at radius 1 is 0.733 bits per heavy atom. The first-order valence-electron chi connectivity index (χ1n) is 11.1. The van der Waals surface area contributed by atoms with Crippen LogP contribution < -0.4 is 0 Å². The highest BCUT2D eigenvalue weighted by molar-refractivity contribution is 5.88. The van der Waals surface area contributed by atoms with Crippen LogP contribution in [0.4, 0.5) is 0 Å². The highest BCUT2D eigenvalue weighted by Crippen LogP contribution is 2.17. The lowest BCUT2D eigenvalue weighted by atomic mass is 9.96. The molecule has 0 aromatic rings. The average Bonchev–Trinajstić information content (AvgIpc) is 2.66. The molecule has 8 heteroatoms. The number of unbranched alkanes of at least 4 members (excludes halogenated alkanes) is 9. The van der Waals surface area contributed by atoms with Crippen molar-refractivity contribution < 1.29 is 39.2 Å². The Morgan fingerprint density at radius 2 is 1.20 bits per heavy atom. The Labute approximate surface area is 181 Å². The van der Waals surface area contributed by atoms with Crippen molar-refractivity contribution in [1.82, 2.24) is 0 Å². The van der Waals surface area contributed by atoms with E-state index in [1.54, 1.807) is 0 Å². The number of carbonyl (C=O) groups excluding carboxylic acids is 1. The molecule has 0 saturated carbocycles. The molecule has 178 valence electrons. The van der Waals surface area contributed by atoms with Gasteiger partial charge >= 0.3 is 17.9 Å². The Hall–Kier alpha value is -1.67. The van der Waals surface area contributed by atoms with Crippen LogP contribution in [0.15, 0.2) is 0 Å². The largest absolute Gasteiger partial charge is 0.481 e. The van der Waals surface area contributed by atoms with Crippen LogP contribution in [0.1, 0.15) is 97.8 Å². The maximum Gasteiger partial charge on any atom is 0.336 e. The van der Waals surface area contributed by atoms with Gasteiger partial charge in [0, 0.05) is 13.2 Å². The third-order valence-electron chi connectivity index (χ3n) is 4.45. The number of hydrogen-bond donors (Lipinski definition) is 3. The fraction of sp³-hybridized carbons (Fsp3) is 0.864. The van der Waals surface area contributed by atoms with Gasteiger partial charge in [-0.2, -0.15) is 0 Å². The third kappa shape index (κ3) is 19.6. The molecular formula is C22H42O8. The predicted molar refractivity (Wildman–Crippen MR) is 114 cm³/mol. The maximum absolute atomic E-state index is 11.6. The molecule has 30 heavy (non-hydrogen) atoms. The number of ether oxygens (including phenoxy) is 2. The highest BCUT2D eigenvalue weighted by Gasteiger charge is 2.41. The van der Waals surface area contributed by atoms with E-state index in [9.17, 15) is 19.5 Å². The van der Waals surface area contributed by atoms with E-state index < -0.39 is 36.4 Å². The Bertz CT molecular complexity index is 450. The van der Waals surface area contributed by atoms with Gasteiger partial charge in [-0.25, -0.2) is 4.79 Å². The number of carboxylic acids is 2. The van der Waals surface area contributed by atoms with E-state index in [2.05, 4.69) is 6.92 Å². The summed E-state index contributed by atoms with van der Waals surface area (Å²) < 4.78 is 9.72. The predicted octanol–water partition coefficient (Wildman–Crippen LogP) is 4.17. The molecule has 3 N–H and O–H groups in total. The summed E-state index contributed by atoms with van der Waals surface area (Å²) in [5.74, 6) is -4.14. The Morgan fingerprint density at radius 3 is 1.57 bits per heavy atom. The zero-order valence-electron chi connectivity index (χ0n) is 19.0. The lowest BCUT2D eigenvalue weighted by Crippen LogP contribution is -2.43. The average molecular weight is 435 g/mol. The summed E-state index contributed by atoms with van der Waals surface area (Å²) in [5, 5.41) is 27.2. The smallest absolute Gasteiger partial charge is 0.336 e. The van der Waals surface area contributed by atoms with E-state index in [1.165, 1.54) is 38.5 Å². The fourth-order valence-corrected chi connectivity index (χ4v) is 2.73. The molecule has 0 aliphatic carbocycles. The van der Waals surface area contributed by atoms with Crippen molar-refractivity contribution in [2.75, 3.05) is 19.8 Å². The van der Waals surface area contributed by atoms with Crippen molar-refractivity contribution in [1.29, 1.82) is 0 Å². The molecule has 8 nitrogen and oxygen atoms in total. The van der Waals surface area contributed by atoms with Gasteiger partial charge in [0.1, 0.15) is 0 Å². The second kappa shape index (κ2) is 20.6. The van der Waals surface area contributed by atoms with Gasteiger partial charge in [0.25, 0.3) is 0 Å². The minimum absolute atomic E-state index is 0.151. The first-order chi connectivity index (χ1) is 14.2. The molecule has 0 aromatic carbocycles. The van der Waals surface area contributed by atoms with Crippen LogP contribution in [0.2, 0.25) is 0 Å². The molecule has 0 bridgehead atoms. The normalized spacial score (nSPS) is 12.4. The summed E-state index contributed by atoms with van der Waals surface area (Å²) in [5.41, 5.74) is -2.62. The molecule has 0 rings (SSSR count). The quantitative estimate of drug-likeness (QED) is 0.216. The lowest BCUT2D eigenvalue weighted by Gasteiger charge is -2.20. The molecule has 1 unspecified atom stereocenters. The summed E-state index contributed by atoms with van der Waals surface area (Å²) >= 11 is 0. The van der Waals surface area contributed by atoms with Crippen LogP contribution in [0.3, 0.4) is 0 Å². The summed E-state index contributed by atoms with van der Waals surface area (Å²) in [6, 6.07) is 0. The van der Waals surface area contributed by atoms with Gasteiger partial charge in [0.05, 0.1) is 19.4 Å². The van der Waals surface area contributed by atoms with E-state index in [1.807, 2.05) is 13.8 Å². The second-order valence-corrected chi connectivity index (χ2v) is 7.27. The zero-order chi connectivity index (χ0) is 23.3. The van der Waals surface area contributed by atoms with Crippen molar-refractivity contribution in [3.05, 3.63) is 0 Å². The first-order valence-corrected chi connectivity index (χ1v) is 11.1. The van der Waals surface area contributed by atoms with Crippen molar-refractivity contribution >= 4 is 17.9 Å². The van der Waals surface area contributed by atoms with Gasteiger partial charge in [0.2, 0.25) is 0 Å². The molecule has 0 aliphatic heterocycles. The van der Waals surface area contributed by atoms with Crippen LogP contribution >= 0.6 is 0 Å². The lowest BCUT2D eigenvalue weighted by molar-refractivity contribution is -0.172. The standard InChI is InChI=1S/C18H32O7.C4H10O/c1-2-3-4-5-6-7-8-9-10-11-12-25-16(21)14-18(24,17(22)23)13-15(19)20;1-3-5-4-2/h24H,2-14H2,1H3,(H,19,20)(H,22,23);3-4H2,1-2H3. The molecule has 0 saturated heterocycles. The monoisotopic (exact) mass is 434 g/mol. The van der Waals surface area contributed by atoms with E-state index in [-0.39, 0.29) is 6.61 Å². The van der Waals surface area contributed by atoms with E-state index in [0.717, 1.165) is 32.5 Å². The summed E-state index contributed by atoms with van der Waals surface area (Å²) in [6.07, 6.45) is 9.49. The fourth-order valence-electron chi connectivity index (χ4n) is 2.73. The van der Waals surface area contributed by atoms with Crippen molar-refractivity contribution in [3.8, 4) is 0 Å². The van der Waals surface area contributed by atoms with Crippen molar-refractivity contribution in [2.24, 2.45) is 0 Å². The SMILES string of the molecule is CCCCCCCCCCCCOC(=O)CC(O)(CC(=O)O)C(=O)O.CCOCC. The number of rotatable bonds is 18. The second-order valence-electron chi connectivity index (χ2n) is 7.27. The van der Waals surface area contributed by atoms with Crippen LogP contribution in [0.25, 0.3) is 0 Å². The molecular weight excluding hydrogens is 392 g/mol. The number of esters is 1. The van der Waals surface area contributed by atoms with Gasteiger partial charge in [-0.1, -0.05) is 64.7 Å². The maximum atomic E-state index is 11.6. The number of hydrogen-bond acceptors (Lipinski definition) is 6. The van der Waals surface area contributed by atoms with Gasteiger partial charge in [0.15, 0.2) is 5.60 Å². The molecule has 0 spiro atoms. The van der Waals surface area contributed by atoms with E-state index in [4.69, 9.17) is 19.7 Å². The number of aliphatic carboxylic acids is 2. The van der Waals surface area contributed by atoms with Crippen LogP contribution in [-0.4, -0.2) is 58.6 Å². The summed E-state index contributed by atoms with van der Waals surface area (Å²) in [6.45, 7) is 8.01. The molecule has 0 aromatic heterocycles. The molecule has 0 radical (unpaired) electrons. The molecule has 0 amide bonds. The summed E-state index contributed by atoms with van der Waals surface area (Å²) in [7, 11) is 0. The van der Waals surface area contributed by atoms with Crippen LogP contribution in [0, 0.1) is 0 Å². The summed E-state index contributed by atoms with van der Waals surface area (Å²) in [4.78, 5) is 33.1. The third-order valence-corrected chi connectivity index (χ3v) is 4.45. The van der Waals surface area contributed by atoms with Crippen molar-refractivity contribution in [2.45, 2.75) is 103 Å².